The summed E-state index contributed by atoms with van der Waals surface area (Å²) in [7, 11) is 0. The number of fused-ring (bicyclic) bond motifs is 1. The lowest BCUT2D eigenvalue weighted by Crippen LogP contribution is -2.22. The van der Waals surface area contributed by atoms with Crippen molar-refractivity contribution in [3.05, 3.63) is 110 Å². The maximum absolute atomic E-state index is 12.8. The van der Waals surface area contributed by atoms with Gasteiger partial charge in [0.15, 0.2) is 0 Å². The van der Waals surface area contributed by atoms with Crippen molar-refractivity contribution >= 4 is 28.8 Å². The Labute approximate surface area is 187 Å². The zero-order chi connectivity index (χ0) is 23.4. The molecule has 164 valence electrons. The molecule has 0 saturated carbocycles. The van der Waals surface area contributed by atoms with Crippen LogP contribution in [0.5, 0.6) is 5.75 Å². The van der Waals surface area contributed by atoms with Crippen LogP contribution in [0.1, 0.15) is 28.7 Å². The Hall–Kier alpha value is -4.66. The van der Waals surface area contributed by atoms with Crippen LogP contribution >= 0.6 is 0 Å². The molecule has 0 N–H and O–H groups in total. The van der Waals surface area contributed by atoms with Gasteiger partial charge in [0.1, 0.15) is 11.6 Å². The lowest BCUT2D eigenvalue weighted by molar-refractivity contribution is -0.384. The molecule has 1 heterocycles. The maximum atomic E-state index is 12.8. The van der Waals surface area contributed by atoms with E-state index < -0.39 is 10.9 Å². The van der Waals surface area contributed by atoms with Crippen LogP contribution in [0.3, 0.4) is 0 Å². The minimum absolute atomic E-state index is 0.0742. The van der Waals surface area contributed by atoms with Crippen LogP contribution in [-0.2, 0) is 6.42 Å². The van der Waals surface area contributed by atoms with Gasteiger partial charge < -0.3 is 4.74 Å². The molecule has 0 unspecified atom stereocenters. The Balaban J connectivity index is 1.53. The second kappa shape index (κ2) is 9.23. The number of hydrogen-bond acceptors (Lipinski definition) is 7. The summed E-state index contributed by atoms with van der Waals surface area (Å²) in [5.74, 6) is 0.0985. The monoisotopic (exact) mass is 442 g/mol. The first-order valence-electron chi connectivity index (χ1n) is 10.1. The highest BCUT2D eigenvalue weighted by Crippen LogP contribution is 2.17. The van der Waals surface area contributed by atoms with Gasteiger partial charge in [0, 0.05) is 18.6 Å². The Morgan fingerprint density at radius 1 is 1.12 bits per heavy atom. The highest BCUT2D eigenvalue weighted by atomic mass is 16.6. The van der Waals surface area contributed by atoms with E-state index in [-0.39, 0.29) is 22.6 Å². The average Bonchev–Trinajstić information content (AvgIpc) is 2.84. The molecule has 0 spiro atoms. The first-order chi connectivity index (χ1) is 16.0. The van der Waals surface area contributed by atoms with Crippen molar-refractivity contribution in [1.82, 2.24) is 9.66 Å². The van der Waals surface area contributed by atoms with E-state index in [1.807, 2.05) is 13.0 Å². The van der Waals surface area contributed by atoms with Crippen molar-refractivity contribution in [2.45, 2.75) is 13.3 Å². The molecule has 4 rings (SSSR count). The molecule has 3 aromatic carbocycles. The molecule has 9 heteroatoms. The molecule has 9 nitrogen and oxygen atoms in total. The van der Waals surface area contributed by atoms with Crippen LogP contribution in [-0.4, -0.2) is 26.8 Å². The average molecular weight is 442 g/mol. The zero-order valence-electron chi connectivity index (χ0n) is 17.5. The summed E-state index contributed by atoms with van der Waals surface area (Å²) in [5, 5.41) is 15.7. The van der Waals surface area contributed by atoms with E-state index in [4.69, 9.17) is 4.74 Å². The second-order valence-corrected chi connectivity index (χ2v) is 7.03. The summed E-state index contributed by atoms with van der Waals surface area (Å²) >= 11 is 0. The van der Waals surface area contributed by atoms with E-state index in [0.29, 0.717) is 28.7 Å². The predicted octanol–water partition coefficient (Wildman–Crippen LogP) is 3.97. The molecule has 0 aliphatic heterocycles. The topological polar surface area (TPSA) is 117 Å². The molecule has 0 saturated heterocycles. The van der Waals surface area contributed by atoms with Gasteiger partial charge >= 0.3 is 5.97 Å². The number of nitro groups is 1. The molecule has 0 aliphatic rings. The number of nitrogens with zero attached hydrogens (tertiary/aromatic N) is 4. The third kappa shape index (κ3) is 4.67. The van der Waals surface area contributed by atoms with E-state index in [9.17, 15) is 19.7 Å². The Morgan fingerprint density at radius 3 is 2.61 bits per heavy atom. The number of carbonyl (C=O) groups is 1. The van der Waals surface area contributed by atoms with E-state index in [0.717, 1.165) is 6.07 Å². The number of benzene rings is 3. The summed E-state index contributed by atoms with van der Waals surface area (Å²) in [5.41, 5.74) is 0.926. The lowest BCUT2D eigenvalue weighted by atomic mass is 10.2. The third-order valence-corrected chi connectivity index (χ3v) is 4.84. The van der Waals surface area contributed by atoms with Gasteiger partial charge in [-0.3, -0.25) is 14.9 Å². The van der Waals surface area contributed by atoms with Crippen LogP contribution < -0.4 is 10.3 Å². The first kappa shape index (κ1) is 21.6. The summed E-state index contributed by atoms with van der Waals surface area (Å²) in [6.45, 7) is 1.90. The molecule has 0 fully saturated rings. The van der Waals surface area contributed by atoms with Crippen molar-refractivity contribution in [2.75, 3.05) is 0 Å². The number of para-hydroxylation sites is 1. The number of hydrogen-bond donors (Lipinski definition) is 0. The predicted molar refractivity (Wildman–Crippen MR) is 123 cm³/mol. The van der Waals surface area contributed by atoms with E-state index in [1.54, 1.807) is 42.5 Å². The van der Waals surface area contributed by atoms with Crippen LogP contribution in [0.25, 0.3) is 10.9 Å². The summed E-state index contributed by atoms with van der Waals surface area (Å²) in [6, 6.07) is 18.9. The standard InChI is InChI=1S/C24H18N4O5/c1-2-22-26-21-9-4-3-8-20(21)23(29)27(22)25-15-16-10-12-19(13-11-16)33-24(30)17-6-5-7-18(14-17)28(31)32/h3-15H,2H2,1H3. The number of ether oxygens (including phenoxy) is 1. The van der Waals surface area contributed by atoms with Crippen molar-refractivity contribution in [2.24, 2.45) is 5.10 Å². The number of carbonyl (C=O) groups excluding carboxylic acids is 1. The molecule has 1 aromatic heterocycles. The quantitative estimate of drug-likeness (QED) is 0.147. The normalized spacial score (nSPS) is 11.1. The highest BCUT2D eigenvalue weighted by Gasteiger charge is 2.13. The van der Waals surface area contributed by atoms with Gasteiger partial charge in [-0.05, 0) is 48.0 Å². The Bertz CT molecular complexity index is 1440. The van der Waals surface area contributed by atoms with Crippen molar-refractivity contribution in [3.8, 4) is 5.75 Å². The van der Waals surface area contributed by atoms with Crippen LogP contribution in [0, 0.1) is 10.1 Å². The third-order valence-electron chi connectivity index (χ3n) is 4.84. The molecular formula is C24H18N4O5. The number of aromatic nitrogens is 2. The maximum Gasteiger partial charge on any atom is 0.343 e. The second-order valence-electron chi connectivity index (χ2n) is 7.03. The van der Waals surface area contributed by atoms with Crippen molar-refractivity contribution in [1.29, 1.82) is 0 Å². The van der Waals surface area contributed by atoms with Gasteiger partial charge in [-0.15, -0.1) is 0 Å². The zero-order valence-corrected chi connectivity index (χ0v) is 17.5. The number of esters is 1. The van der Waals surface area contributed by atoms with E-state index in [1.165, 1.54) is 29.1 Å². The van der Waals surface area contributed by atoms with Gasteiger partial charge in [-0.1, -0.05) is 25.1 Å². The van der Waals surface area contributed by atoms with Crippen LogP contribution in [0.2, 0.25) is 0 Å². The number of nitro benzene ring substituents is 1. The summed E-state index contributed by atoms with van der Waals surface area (Å²) in [6.07, 6.45) is 2.05. The minimum atomic E-state index is -0.707. The molecule has 0 aliphatic carbocycles. The van der Waals surface area contributed by atoms with Gasteiger partial charge in [-0.25, -0.2) is 9.78 Å². The van der Waals surface area contributed by atoms with Gasteiger partial charge in [0.05, 0.1) is 27.6 Å². The fraction of sp³-hybridized carbons (Fsp3) is 0.0833. The summed E-state index contributed by atoms with van der Waals surface area (Å²) in [4.78, 5) is 39.9. The summed E-state index contributed by atoms with van der Waals surface area (Å²) < 4.78 is 6.56. The fourth-order valence-electron chi connectivity index (χ4n) is 3.18. The van der Waals surface area contributed by atoms with E-state index in [2.05, 4.69) is 10.1 Å². The molecule has 0 bridgehead atoms. The SMILES string of the molecule is CCc1nc2ccccc2c(=O)n1N=Cc1ccc(OC(=O)c2cccc([N+](=O)[O-])c2)cc1. The van der Waals surface area contributed by atoms with Crippen LogP contribution in [0.15, 0.2) is 82.7 Å². The molecule has 4 aromatic rings. The largest absolute Gasteiger partial charge is 0.423 e. The van der Waals surface area contributed by atoms with Gasteiger partial charge in [-0.2, -0.15) is 9.78 Å². The highest BCUT2D eigenvalue weighted by molar-refractivity contribution is 5.91. The fourth-order valence-corrected chi connectivity index (χ4v) is 3.18. The smallest absolute Gasteiger partial charge is 0.343 e. The molecule has 0 radical (unpaired) electrons. The van der Waals surface area contributed by atoms with Crippen molar-refractivity contribution in [3.63, 3.8) is 0 Å². The molecular weight excluding hydrogens is 424 g/mol. The van der Waals surface area contributed by atoms with Gasteiger partial charge in [0.25, 0.3) is 11.2 Å². The number of rotatable bonds is 6. The molecule has 33 heavy (non-hydrogen) atoms. The van der Waals surface area contributed by atoms with Gasteiger partial charge in [0.2, 0.25) is 0 Å². The van der Waals surface area contributed by atoms with E-state index >= 15 is 0 Å². The number of non-ortho nitro benzene ring substituents is 1. The van der Waals surface area contributed by atoms with Crippen LogP contribution in [0.4, 0.5) is 5.69 Å². The molecule has 0 atom stereocenters. The number of aryl methyl sites for hydroxylation is 1. The molecule has 0 amide bonds. The lowest BCUT2D eigenvalue weighted by Gasteiger charge is -2.07. The Kier molecular flexibility index (Phi) is 6.03. The first-order valence-corrected chi connectivity index (χ1v) is 10.1. The minimum Gasteiger partial charge on any atom is -0.423 e. The Morgan fingerprint density at radius 2 is 1.88 bits per heavy atom. The van der Waals surface area contributed by atoms with Crippen molar-refractivity contribution < 1.29 is 14.5 Å².